The largest absolute Gasteiger partial charge is 0.330 e. The van der Waals surface area contributed by atoms with Crippen molar-refractivity contribution in [3.8, 4) is 0 Å². The molecule has 0 bridgehead atoms. The van der Waals surface area contributed by atoms with Crippen molar-refractivity contribution < 1.29 is 0 Å². The molecule has 0 aliphatic rings. The van der Waals surface area contributed by atoms with Gasteiger partial charge in [-0.25, -0.2) is 0 Å². The van der Waals surface area contributed by atoms with Crippen molar-refractivity contribution in [1.82, 2.24) is 0 Å². The second kappa shape index (κ2) is 58.6. The van der Waals surface area contributed by atoms with Gasteiger partial charge in [-0.1, -0.05) is 20.8 Å². The van der Waals surface area contributed by atoms with E-state index in [1.165, 1.54) is 0 Å². The Morgan fingerprint density at radius 1 is 0.533 bits per heavy atom. The van der Waals surface area contributed by atoms with Gasteiger partial charge in [0.05, 0.1) is 0 Å². The van der Waals surface area contributed by atoms with Crippen molar-refractivity contribution in [2.75, 3.05) is 19.6 Å². The van der Waals surface area contributed by atoms with E-state index in [4.69, 9.17) is 17.2 Å². The molecule has 0 heterocycles. The number of halogens is 3. The lowest BCUT2D eigenvalue weighted by Gasteiger charge is -1.70. The van der Waals surface area contributed by atoms with Gasteiger partial charge in [-0.2, -0.15) is 0 Å². The van der Waals surface area contributed by atoms with Crippen LogP contribution in [0.25, 0.3) is 0 Å². The van der Waals surface area contributed by atoms with Crippen LogP contribution in [0.5, 0.6) is 0 Å². The summed E-state index contributed by atoms with van der Waals surface area (Å²) in [6, 6.07) is 0. The van der Waals surface area contributed by atoms with Crippen LogP contribution in [0.3, 0.4) is 0 Å². The smallest absolute Gasteiger partial charge is 0.00799 e. The Labute approximate surface area is 127 Å². The molecule has 0 fully saturated rings. The highest BCUT2D eigenvalue weighted by atomic mass is 79.9. The summed E-state index contributed by atoms with van der Waals surface area (Å²) >= 11 is 0. The first-order chi connectivity index (χ1) is 5.74. The zero-order chi connectivity index (χ0) is 10.2. The van der Waals surface area contributed by atoms with Crippen LogP contribution in [0.2, 0.25) is 0 Å². The van der Waals surface area contributed by atoms with Gasteiger partial charge in [0.15, 0.2) is 0 Å². The fourth-order valence-electron chi connectivity index (χ4n) is 0. The van der Waals surface area contributed by atoms with E-state index in [-0.39, 0.29) is 50.9 Å². The lowest BCUT2D eigenvalue weighted by Crippen LogP contribution is -1.93. The van der Waals surface area contributed by atoms with E-state index >= 15 is 0 Å². The molecular formula is C9H30Br3N3. The maximum Gasteiger partial charge on any atom is -0.00799 e. The Morgan fingerprint density at radius 3 is 0.600 bits per heavy atom. The SMILES string of the molecule is Br.Br.Br.CCCN.CCCN.CCCN. The van der Waals surface area contributed by atoms with Crippen molar-refractivity contribution in [2.45, 2.75) is 40.0 Å². The topological polar surface area (TPSA) is 78.1 Å². The zero-order valence-corrected chi connectivity index (χ0v) is 15.3. The van der Waals surface area contributed by atoms with E-state index in [1.807, 2.05) is 0 Å². The van der Waals surface area contributed by atoms with E-state index in [1.54, 1.807) is 0 Å². The third-order valence-corrected chi connectivity index (χ3v) is 0.866. The van der Waals surface area contributed by atoms with Crippen LogP contribution in [0.15, 0.2) is 0 Å². The minimum atomic E-state index is 0. The summed E-state index contributed by atoms with van der Waals surface area (Å²) < 4.78 is 0. The molecule has 0 aromatic heterocycles. The Morgan fingerprint density at radius 2 is 0.600 bits per heavy atom. The van der Waals surface area contributed by atoms with Crippen LogP contribution in [0.4, 0.5) is 0 Å². The zero-order valence-electron chi connectivity index (χ0n) is 10.2. The minimum absolute atomic E-state index is 0. The van der Waals surface area contributed by atoms with Crippen LogP contribution in [0.1, 0.15) is 40.0 Å². The van der Waals surface area contributed by atoms with Crippen molar-refractivity contribution in [1.29, 1.82) is 0 Å². The molecular weight excluding hydrogens is 390 g/mol. The van der Waals surface area contributed by atoms with Crippen molar-refractivity contribution in [3.63, 3.8) is 0 Å². The molecule has 0 spiro atoms. The summed E-state index contributed by atoms with van der Waals surface area (Å²) in [6.45, 7) is 8.62. The van der Waals surface area contributed by atoms with Gasteiger partial charge in [0.2, 0.25) is 0 Å². The van der Waals surface area contributed by atoms with Gasteiger partial charge in [-0.3, -0.25) is 0 Å². The maximum absolute atomic E-state index is 5.03. The second-order valence-corrected chi connectivity index (χ2v) is 2.37. The highest BCUT2D eigenvalue weighted by Gasteiger charge is 1.56. The van der Waals surface area contributed by atoms with Gasteiger partial charge < -0.3 is 17.2 Å². The summed E-state index contributed by atoms with van der Waals surface area (Å²) in [6.07, 6.45) is 3.29. The molecule has 0 atom stereocenters. The second-order valence-electron chi connectivity index (χ2n) is 2.37. The highest BCUT2D eigenvalue weighted by molar-refractivity contribution is 8.93. The van der Waals surface area contributed by atoms with Gasteiger partial charge in [0, 0.05) is 0 Å². The first-order valence-corrected chi connectivity index (χ1v) is 4.85. The molecule has 0 aliphatic carbocycles. The first-order valence-electron chi connectivity index (χ1n) is 4.85. The molecule has 0 unspecified atom stereocenters. The molecule has 102 valence electrons. The average molecular weight is 420 g/mol. The Bertz CT molecular complexity index is 36.1. The Hall–Kier alpha value is 1.32. The highest BCUT2D eigenvalue weighted by Crippen LogP contribution is 1.58. The monoisotopic (exact) mass is 417 g/mol. The van der Waals surface area contributed by atoms with Gasteiger partial charge in [-0.15, -0.1) is 50.9 Å². The van der Waals surface area contributed by atoms with Crippen LogP contribution >= 0.6 is 50.9 Å². The molecule has 0 saturated heterocycles. The molecule has 6 N–H and O–H groups in total. The van der Waals surface area contributed by atoms with E-state index in [0.29, 0.717) is 0 Å². The molecule has 0 saturated carbocycles. The third-order valence-electron chi connectivity index (χ3n) is 0.866. The molecule has 0 amide bonds. The number of hydrogen-bond acceptors (Lipinski definition) is 3. The standard InChI is InChI=1S/3C3H9N.3BrH/c3*1-2-3-4;;;/h3*2-4H2,1H3;3*1H. The molecule has 3 nitrogen and oxygen atoms in total. The van der Waals surface area contributed by atoms with Crippen LogP contribution < -0.4 is 17.2 Å². The fraction of sp³-hybridized carbons (Fsp3) is 1.00. The van der Waals surface area contributed by atoms with Crippen LogP contribution in [0, 0.1) is 0 Å². The predicted molar refractivity (Wildman–Crippen MR) is 89.0 cm³/mol. The molecule has 0 radical (unpaired) electrons. The fourth-order valence-corrected chi connectivity index (χ4v) is 0. The maximum atomic E-state index is 5.03. The molecule has 0 aromatic carbocycles. The molecule has 0 aromatic rings. The van der Waals surface area contributed by atoms with Crippen LogP contribution in [-0.4, -0.2) is 19.6 Å². The summed E-state index contributed by atoms with van der Waals surface area (Å²) in [7, 11) is 0. The van der Waals surface area contributed by atoms with E-state index in [9.17, 15) is 0 Å². The lowest BCUT2D eigenvalue weighted by atomic mass is 10.5. The Kier molecular flexibility index (Phi) is 141. The van der Waals surface area contributed by atoms with Crippen molar-refractivity contribution >= 4 is 50.9 Å². The first kappa shape index (κ1) is 36.0. The van der Waals surface area contributed by atoms with Gasteiger partial charge in [0.25, 0.3) is 0 Å². The van der Waals surface area contributed by atoms with Crippen molar-refractivity contribution in [3.05, 3.63) is 0 Å². The minimum Gasteiger partial charge on any atom is -0.330 e. The predicted octanol–water partition coefficient (Wildman–Crippen LogP) is 2.80. The lowest BCUT2D eigenvalue weighted by molar-refractivity contribution is 0.932. The van der Waals surface area contributed by atoms with E-state index in [0.717, 1.165) is 38.9 Å². The average Bonchev–Trinajstić information content (AvgIpc) is 2.18. The third kappa shape index (κ3) is 146. The number of nitrogens with two attached hydrogens (primary N) is 3. The normalized spacial score (nSPS) is 6.00. The number of hydrogen-bond donors (Lipinski definition) is 3. The summed E-state index contributed by atoms with van der Waals surface area (Å²) in [5, 5.41) is 0. The number of rotatable bonds is 3. The summed E-state index contributed by atoms with van der Waals surface area (Å²) in [5.41, 5.74) is 15.1. The molecule has 15 heavy (non-hydrogen) atoms. The molecule has 6 heteroatoms. The van der Waals surface area contributed by atoms with Crippen molar-refractivity contribution in [2.24, 2.45) is 17.2 Å². The van der Waals surface area contributed by atoms with E-state index in [2.05, 4.69) is 20.8 Å². The van der Waals surface area contributed by atoms with Gasteiger partial charge in [0.1, 0.15) is 0 Å². The molecule has 0 aliphatic heterocycles. The van der Waals surface area contributed by atoms with Gasteiger partial charge >= 0.3 is 0 Å². The Balaban J connectivity index is -0.0000000184. The summed E-state index contributed by atoms with van der Waals surface area (Å²) in [5.74, 6) is 0. The summed E-state index contributed by atoms with van der Waals surface area (Å²) in [4.78, 5) is 0. The van der Waals surface area contributed by atoms with E-state index < -0.39 is 0 Å². The van der Waals surface area contributed by atoms with Crippen LogP contribution in [-0.2, 0) is 0 Å². The van der Waals surface area contributed by atoms with Gasteiger partial charge in [-0.05, 0) is 38.9 Å². The molecule has 0 rings (SSSR count). The quantitative estimate of drug-likeness (QED) is 0.658.